The Morgan fingerprint density at radius 3 is 1.94 bits per heavy atom. The van der Waals surface area contributed by atoms with Gasteiger partial charge in [0, 0.05) is 13.3 Å². The first-order valence-corrected chi connectivity index (χ1v) is 16.7. The van der Waals surface area contributed by atoms with E-state index in [2.05, 4.69) is 10.6 Å². The average molecular weight is 731 g/mol. The van der Waals surface area contributed by atoms with Gasteiger partial charge in [-0.3, -0.25) is 9.59 Å². The van der Waals surface area contributed by atoms with Crippen LogP contribution in [0.3, 0.4) is 0 Å². The zero-order valence-corrected chi connectivity index (χ0v) is 28.7. The van der Waals surface area contributed by atoms with Gasteiger partial charge in [-0.15, -0.1) is 0 Å². The minimum atomic E-state index is -1.80. The first-order valence-electron chi connectivity index (χ1n) is 16.7. The van der Waals surface area contributed by atoms with E-state index >= 15 is 0 Å². The first-order chi connectivity index (χ1) is 24.1. The fourth-order valence-corrected chi connectivity index (χ4v) is 6.02. The van der Waals surface area contributed by atoms with Crippen molar-refractivity contribution < 1.29 is 78.9 Å². The Bertz CT molecular complexity index is 1300. The molecule has 5 unspecified atom stereocenters. The summed E-state index contributed by atoms with van der Waals surface area (Å²) in [6, 6.07) is 3.37. The Labute approximate surface area is 294 Å². The molecule has 3 aliphatic heterocycles. The number of amides is 2. The van der Waals surface area contributed by atoms with E-state index in [1.54, 1.807) is 30.3 Å². The van der Waals surface area contributed by atoms with E-state index in [4.69, 9.17) is 28.4 Å². The lowest BCUT2D eigenvalue weighted by Gasteiger charge is -2.47. The van der Waals surface area contributed by atoms with E-state index in [1.165, 1.54) is 13.2 Å². The normalized spacial score (nSPS) is 37.7. The zero-order valence-electron chi connectivity index (χ0n) is 28.7. The van der Waals surface area contributed by atoms with Crippen LogP contribution in [0.1, 0.15) is 33.6 Å². The molecule has 18 nitrogen and oxygen atoms in total. The minimum absolute atomic E-state index is 0.242. The van der Waals surface area contributed by atoms with E-state index in [9.17, 15) is 50.4 Å². The van der Waals surface area contributed by atoms with Crippen LogP contribution >= 0.6 is 0 Å². The molecule has 3 aliphatic rings. The highest BCUT2D eigenvalue weighted by Gasteiger charge is 2.53. The molecule has 0 spiro atoms. The van der Waals surface area contributed by atoms with Gasteiger partial charge in [-0.25, -0.2) is 0 Å². The SMILES string of the molecule is COc1ccc(O[C@@H]2OC([C@H](O)C[C@H]3O[C@@H](O[C@H]4O[C@@H](CO)[C@@H](O)C(O)C4NC(C)=O)[C@H](NC(=O)/C=C/CC(C)C)C(O)C3O)[C@@H](O)[C@H]2O)cc1. The highest BCUT2D eigenvalue weighted by Crippen LogP contribution is 2.33. The number of aliphatic hydroxyl groups excluding tert-OH is 8. The molecule has 288 valence electrons. The second-order valence-electron chi connectivity index (χ2n) is 13.2. The van der Waals surface area contributed by atoms with Crippen LogP contribution in [-0.2, 0) is 28.5 Å². The van der Waals surface area contributed by atoms with Crippen LogP contribution in [0.2, 0.25) is 0 Å². The van der Waals surface area contributed by atoms with Gasteiger partial charge in [-0.2, -0.15) is 0 Å². The highest BCUT2D eigenvalue weighted by molar-refractivity contribution is 5.87. The van der Waals surface area contributed by atoms with Crippen LogP contribution in [0.5, 0.6) is 11.5 Å². The molecule has 4 rings (SSSR count). The van der Waals surface area contributed by atoms with E-state index in [1.807, 2.05) is 13.8 Å². The standard InChI is InChI=1S/C33H50N2O16/c1-14(2)6-5-7-21(39)35-23-27(43)24(40)19(48-32(23)51-31-22(34-15(3)37)26(42)25(41)20(13-36)49-31)12-18(38)30-28(44)29(45)33(50-30)47-17-10-8-16(46-4)9-11-17/h5,7-11,14,18-20,22-33,36,38,40-45H,6,12-13H2,1-4H3,(H,34,37)(H,35,39)/b7-5+/t18-,19-,20+,22?,23-,24?,25-,26?,27?,28+,29-,30?,31-,32+,33-/m1/s1. The lowest BCUT2D eigenvalue weighted by atomic mass is 9.91. The number of allylic oxidation sites excluding steroid dienone is 1. The lowest BCUT2D eigenvalue weighted by molar-refractivity contribution is -0.347. The van der Waals surface area contributed by atoms with Gasteiger partial charge < -0.3 is 79.9 Å². The third kappa shape index (κ3) is 10.1. The largest absolute Gasteiger partial charge is 0.497 e. The van der Waals surface area contributed by atoms with E-state index in [0.717, 1.165) is 6.92 Å². The van der Waals surface area contributed by atoms with Gasteiger partial charge >= 0.3 is 0 Å². The van der Waals surface area contributed by atoms with Crippen LogP contribution in [0.25, 0.3) is 0 Å². The van der Waals surface area contributed by atoms with Crippen LogP contribution in [0.4, 0.5) is 0 Å². The number of rotatable bonds is 14. The molecule has 0 bridgehead atoms. The third-order valence-electron chi connectivity index (χ3n) is 8.83. The number of nitrogens with one attached hydrogen (secondary N) is 2. The summed E-state index contributed by atoms with van der Waals surface area (Å²) in [5, 5.41) is 90.8. The van der Waals surface area contributed by atoms with Crippen LogP contribution < -0.4 is 20.1 Å². The molecule has 2 amide bonds. The summed E-state index contributed by atoms with van der Waals surface area (Å²) >= 11 is 0. The Kier molecular flexibility index (Phi) is 14.5. The molecule has 0 saturated carbocycles. The molecule has 3 heterocycles. The zero-order chi connectivity index (χ0) is 37.6. The van der Waals surface area contributed by atoms with Gasteiger partial charge in [0.25, 0.3) is 0 Å². The van der Waals surface area contributed by atoms with Gasteiger partial charge in [0.15, 0.2) is 12.6 Å². The Hall–Kier alpha value is -2.98. The van der Waals surface area contributed by atoms with E-state index < -0.39 is 117 Å². The van der Waals surface area contributed by atoms with Crippen molar-refractivity contribution in [3.63, 3.8) is 0 Å². The molecule has 0 aromatic heterocycles. The average Bonchev–Trinajstić information content (AvgIpc) is 3.37. The van der Waals surface area contributed by atoms with Crippen LogP contribution in [-0.4, -0.2) is 158 Å². The second-order valence-corrected chi connectivity index (χ2v) is 13.2. The number of carbonyl (C=O) groups excluding carboxylic acids is 2. The molecule has 1 aromatic rings. The van der Waals surface area contributed by atoms with Crippen molar-refractivity contribution in [2.24, 2.45) is 5.92 Å². The van der Waals surface area contributed by atoms with E-state index in [0.29, 0.717) is 12.2 Å². The van der Waals surface area contributed by atoms with Gasteiger partial charge in [-0.1, -0.05) is 19.9 Å². The number of carbonyl (C=O) groups is 2. The molecule has 3 saturated heterocycles. The van der Waals surface area contributed by atoms with Crippen LogP contribution in [0, 0.1) is 5.92 Å². The monoisotopic (exact) mass is 730 g/mol. The van der Waals surface area contributed by atoms with Crippen molar-refractivity contribution in [3.8, 4) is 11.5 Å². The molecule has 51 heavy (non-hydrogen) atoms. The number of aliphatic hydroxyl groups is 8. The van der Waals surface area contributed by atoms with Crippen molar-refractivity contribution in [2.45, 2.75) is 126 Å². The number of benzene rings is 1. The van der Waals surface area contributed by atoms with Crippen molar-refractivity contribution in [3.05, 3.63) is 36.4 Å². The number of methoxy groups -OCH3 is 1. The molecular formula is C33H50N2O16. The van der Waals surface area contributed by atoms with Crippen molar-refractivity contribution in [1.82, 2.24) is 10.6 Å². The Morgan fingerprint density at radius 2 is 1.37 bits per heavy atom. The third-order valence-corrected chi connectivity index (χ3v) is 8.83. The lowest BCUT2D eigenvalue weighted by Crippen LogP contribution is -2.68. The molecule has 10 N–H and O–H groups in total. The quantitative estimate of drug-likeness (QED) is 0.0843. The van der Waals surface area contributed by atoms with E-state index in [-0.39, 0.29) is 11.7 Å². The van der Waals surface area contributed by atoms with Gasteiger partial charge in [0.1, 0.15) is 72.4 Å². The van der Waals surface area contributed by atoms with Gasteiger partial charge in [-0.05, 0) is 42.7 Å². The number of hydrogen-bond acceptors (Lipinski definition) is 16. The van der Waals surface area contributed by atoms with Crippen molar-refractivity contribution in [1.29, 1.82) is 0 Å². The second kappa shape index (κ2) is 18.2. The van der Waals surface area contributed by atoms with Gasteiger partial charge in [0.05, 0.1) is 25.9 Å². The smallest absolute Gasteiger partial charge is 0.244 e. The summed E-state index contributed by atoms with van der Waals surface area (Å²) in [6.45, 7) is 4.27. The fraction of sp³-hybridized carbons (Fsp3) is 0.697. The topological polar surface area (TPSA) is 275 Å². The summed E-state index contributed by atoms with van der Waals surface area (Å²) in [6.07, 6.45) is -17.9. The molecular weight excluding hydrogens is 680 g/mol. The molecule has 0 aliphatic carbocycles. The predicted molar refractivity (Wildman–Crippen MR) is 173 cm³/mol. The fourth-order valence-electron chi connectivity index (χ4n) is 6.02. The van der Waals surface area contributed by atoms with Crippen molar-refractivity contribution >= 4 is 11.8 Å². The molecule has 15 atom stereocenters. The Balaban J connectivity index is 1.53. The minimum Gasteiger partial charge on any atom is -0.497 e. The number of hydrogen-bond donors (Lipinski definition) is 10. The van der Waals surface area contributed by atoms with Gasteiger partial charge in [0.2, 0.25) is 18.1 Å². The maximum atomic E-state index is 12.9. The maximum absolute atomic E-state index is 12.9. The summed E-state index contributed by atoms with van der Waals surface area (Å²) in [7, 11) is 1.49. The molecule has 1 aromatic carbocycles. The highest BCUT2D eigenvalue weighted by atomic mass is 16.8. The molecule has 0 radical (unpaired) electrons. The Morgan fingerprint density at radius 1 is 0.804 bits per heavy atom. The van der Waals surface area contributed by atoms with Crippen molar-refractivity contribution in [2.75, 3.05) is 13.7 Å². The molecule has 3 fully saturated rings. The first kappa shape index (κ1) is 40.8. The summed E-state index contributed by atoms with van der Waals surface area (Å²) in [5.74, 6) is -0.267. The summed E-state index contributed by atoms with van der Waals surface area (Å²) in [4.78, 5) is 24.8. The summed E-state index contributed by atoms with van der Waals surface area (Å²) < 4.78 is 34.0. The predicted octanol–water partition coefficient (Wildman–Crippen LogP) is -3.23. The molecule has 18 heteroatoms. The maximum Gasteiger partial charge on any atom is 0.244 e. The van der Waals surface area contributed by atoms with Crippen LogP contribution in [0.15, 0.2) is 36.4 Å². The number of ether oxygens (including phenoxy) is 6. The summed E-state index contributed by atoms with van der Waals surface area (Å²) in [5.41, 5.74) is 0.